The number of rotatable bonds is 0. The maximum atomic E-state index is 12.2. The smallest absolute Gasteiger partial charge is 0.334 e. The first kappa shape index (κ1) is 11.0. The molecule has 6 fully saturated rings. The lowest BCUT2D eigenvalue weighted by Gasteiger charge is -2.80. The molecule has 8 atom stereocenters. The van der Waals surface area contributed by atoms with Gasteiger partial charge in [-0.05, 0) is 25.0 Å². The molecule has 3 aliphatic carbocycles. The fraction of sp³-hybridized carbons (Fsp3) is 0.625. The van der Waals surface area contributed by atoms with Crippen molar-refractivity contribution in [1.82, 2.24) is 0 Å². The molecule has 0 N–H and O–H groups in total. The van der Waals surface area contributed by atoms with Gasteiger partial charge in [0, 0.05) is 11.1 Å². The van der Waals surface area contributed by atoms with Crippen LogP contribution in [0.15, 0.2) is 22.3 Å². The molecule has 3 saturated heterocycles. The van der Waals surface area contributed by atoms with E-state index in [1.165, 1.54) is 0 Å². The zero-order valence-corrected chi connectivity index (χ0v) is 11.9. The molecule has 5 aliphatic heterocycles. The van der Waals surface area contributed by atoms with Crippen LogP contribution in [0.2, 0.25) is 0 Å². The summed E-state index contributed by atoms with van der Waals surface area (Å²) in [6, 6.07) is 0. The van der Waals surface area contributed by atoms with Gasteiger partial charge < -0.3 is 18.9 Å². The molecule has 22 heavy (non-hydrogen) atoms. The predicted molar refractivity (Wildman–Crippen MR) is 67.3 cm³/mol. The van der Waals surface area contributed by atoms with Gasteiger partial charge in [-0.25, -0.2) is 9.59 Å². The first-order valence-electron chi connectivity index (χ1n) is 7.73. The number of hydrogen-bond acceptors (Lipinski definition) is 6. The van der Waals surface area contributed by atoms with E-state index in [1.807, 2.05) is 13.8 Å². The summed E-state index contributed by atoms with van der Waals surface area (Å²) in [6.45, 7) is 3.64. The standard InChI is InChI=1S/C16H12O6/c1-3-5-7-9-12-16(7)6(4(2)14(18)22-16)8-10(20-12)11(19-9)15(5,8)21-13(3)17/h7-12H,1-2H3. The molecule has 6 heteroatoms. The van der Waals surface area contributed by atoms with Crippen LogP contribution in [0.3, 0.4) is 0 Å². The Hall–Kier alpha value is -1.66. The maximum absolute atomic E-state index is 12.2. The fourth-order valence-corrected chi connectivity index (χ4v) is 6.41. The topological polar surface area (TPSA) is 71.1 Å². The van der Waals surface area contributed by atoms with Crippen LogP contribution in [0.4, 0.5) is 0 Å². The van der Waals surface area contributed by atoms with E-state index in [-0.39, 0.29) is 48.2 Å². The number of ether oxygens (including phenoxy) is 4. The van der Waals surface area contributed by atoms with Gasteiger partial charge in [0.1, 0.15) is 12.2 Å². The van der Waals surface area contributed by atoms with Gasteiger partial charge in [-0.2, -0.15) is 0 Å². The molecule has 8 rings (SSSR count). The van der Waals surface area contributed by atoms with E-state index in [1.54, 1.807) is 0 Å². The molecule has 2 spiro atoms. The number of esters is 2. The summed E-state index contributed by atoms with van der Waals surface area (Å²) in [4.78, 5) is 24.5. The van der Waals surface area contributed by atoms with E-state index in [9.17, 15) is 9.59 Å². The highest BCUT2D eigenvalue weighted by atomic mass is 16.7. The molecule has 8 unspecified atom stereocenters. The third-order valence-electron chi connectivity index (χ3n) is 7.04. The molecule has 8 bridgehead atoms. The van der Waals surface area contributed by atoms with Crippen LogP contribution < -0.4 is 0 Å². The van der Waals surface area contributed by atoms with Gasteiger partial charge in [-0.15, -0.1) is 0 Å². The minimum absolute atomic E-state index is 0.130. The molecule has 8 aliphatic rings. The first-order valence-corrected chi connectivity index (χ1v) is 7.73. The Morgan fingerprint density at radius 1 is 0.773 bits per heavy atom. The maximum Gasteiger partial charge on any atom is 0.334 e. The Morgan fingerprint density at radius 2 is 1.18 bits per heavy atom. The summed E-state index contributed by atoms with van der Waals surface area (Å²) in [5.74, 6) is -0.793. The Bertz CT molecular complexity index is 754. The summed E-state index contributed by atoms with van der Waals surface area (Å²) in [5.41, 5.74) is 1.90. The average Bonchev–Trinajstić information content (AvgIpc) is 2.87. The number of carbonyl (C=O) groups excluding carboxylic acids is 2. The summed E-state index contributed by atoms with van der Waals surface area (Å²) >= 11 is 0. The van der Waals surface area contributed by atoms with Crippen molar-refractivity contribution in [3.05, 3.63) is 22.3 Å². The van der Waals surface area contributed by atoms with Crippen LogP contribution in [-0.2, 0) is 28.5 Å². The summed E-state index contributed by atoms with van der Waals surface area (Å²) in [5, 5.41) is 0. The molecular weight excluding hydrogens is 288 g/mol. The van der Waals surface area contributed by atoms with Gasteiger partial charge in [0.25, 0.3) is 0 Å². The summed E-state index contributed by atoms with van der Waals surface area (Å²) in [6.07, 6.45) is -0.742. The van der Waals surface area contributed by atoms with Crippen molar-refractivity contribution in [1.29, 1.82) is 0 Å². The van der Waals surface area contributed by atoms with E-state index < -0.39 is 11.2 Å². The Balaban J connectivity index is 1.64. The van der Waals surface area contributed by atoms with E-state index >= 15 is 0 Å². The van der Waals surface area contributed by atoms with Crippen molar-refractivity contribution in [3.63, 3.8) is 0 Å². The van der Waals surface area contributed by atoms with E-state index in [2.05, 4.69) is 0 Å². The molecule has 0 aromatic heterocycles. The Kier molecular flexibility index (Phi) is 1.28. The largest absolute Gasteiger partial charge is 0.447 e. The molecule has 5 heterocycles. The van der Waals surface area contributed by atoms with Gasteiger partial charge in [-0.1, -0.05) is 0 Å². The van der Waals surface area contributed by atoms with Crippen molar-refractivity contribution in [2.24, 2.45) is 11.8 Å². The Morgan fingerprint density at radius 3 is 1.59 bits per heavy atom. The third kappa shape index (κ3) is 0.647. The van der Waals surface area contributed by atoms with Crippen LogP contribution in [0.25, 0.3) is 0 Å². The quantitative estimate of drug-likeness (QED) is 0.587. The molecule has 0 aromatic rings. The van der Waals surface area contributed by atoms with Crippen LogP contribution in [-0.4, -0.2) is 47.6 Å². The SMILES string of the molecule is CC1=C2C3C4OC5C6OC4C34OC(=O)C(C)=C4C6C25OC1=O. The van der Waals surface area contributed by atoms with Gasteiger partial charge in [0.05, 0.1) is 24.0 Å². The van der Waals surface area contributed by atoms with Gasteiger partial charge >= 0.3 is 11.9 Å². The van der Waals surface area contributed by atoms with Crippen LogP contribution in [0.5, 0.6) is 0 Å². The zero-order chi connectivity index (χ0) is 14.8. The molecule has 0 radical (unpaired) electrons. The second kappa shape index (κ2) is 2.57. The summed E-state index contributed by atoms with van der Waals surface area (Å²) in [7, 11) is 0. The normalized spacial score (nSPS) is 60.8. The van der Waals surface area contributed by atoms with E-state index in [0.29, 0.717) is 11.1 Å². The molecular formula is C16H12O6. The third-order valence-corrected chi connectivity index (χ3v) is 7.04. The lowest BCUT2D eigenvalue weighted by atomic mass is 9.37. The summed E-state index contributed by atoms with van der Waals surface area (Å²) < 4.78 is 24.0. The first-order chi connectivity index (χ1) is 10.5. The second-order valence-electron chi connectivity index (χ2n) is 7.44. The number of carbonyl (C=O) groups is 2. The molecule has 0 aromatic carbocycles. The van der Waals surface area contributed by atoms with Gasteiger partial charge in [0.15, 0.2) is 11.2 Å². The van der Waals surface area contributed by atoms with Crippen molar-refractivity contribution in [3.8, 4) is 0 Å². The average molecular weight is 300 g/mol. The second-order valence-corrected chi connectivity index (χ2v) is 7.44. The van der Waals surface area contributed by atoms with E-state index in [4.69, 9.17) is 18.9 Å². The fourth-order valence-electron chi connectivity index (χ4n) is 6.41. The van der Waals surface area contributed by atoms with E-state index in [0.717, 1.165) is 11.1 Å². The van der Waals surface area contributed by atoms with Gasteiger partial charge in [-0.3, -0.25) is 0 Å². The number of hydrogen-bond donors (Lipinski definition) is 0. The minimum Gasteiger partial charge on any atom is -0.447 e. The lowest BCUT2D eigenvalue weighted by Crippen LogP contribution is -2.95. The van der Waals surface area contributed by atoms with Crippen molar-refractivity contribution in [2.45, 2.75) is 49.5 Å². The molecule has 112 valence electrons. The molecule has 3 saturated carbocycles. The molecule has 0 amide bonds. The Labute approximate surface area is 125 Å². The van der Waals surface area contributed by atoms with Crippen molar-refractivity contribution >= 4 is 11.9 Å². The van der Waals surface area contributed by atoms with Gasteiger partial charge in [0.2, 0.25) is 0 Å². The zero-order valence-electron chi connectivity index (χ0n) is 11.9. The predicted octanol–water partition coefficient (Wildman–Crippen LogP) is 0.0186. The highest BCUT2D eigenvalue weighted by Crippen LogP contribution is 2.79. The van der Waals surface area contributed by atoms with Crippen LogP contribution in [0.1, 0.15) is 13.8 Å². The van der Waals surface area contributed by atoms with Crippen LogP contribution >= 0.6 is 0 Å². The highest BCUT2D eigenvalue weighted by Gasteiger charge is 2.94. The minimum atomic E-state index is -0.744. The molecule has 6 nitrogen and oxygen atoms in total. The lowest BCUT2D eigenvalue weighted by molar-refractivity contribution is -0.452. The van der Waals surface area contributed by atoms with Crippen molar-refractivity contribution in [2.75, 3.05) is 0 Å². The monoisotopic (exact) mass is 300 g/mol. The van der Waals surface area contributed by atoms with Crippen LogP contribution in [0, 0.1) is 11.8 Å². The highest BCUT2D eigenvalue weighted by molar-refractivity contribution is 5.98. The van der Waals surface area contributed by atoms with Crippen molar-refractivity contribution < 1.29 is 28.5 Å².